The van der Waals surface area contributed by atoms with E-state index in [4.69, 9.17) is 14.2 Å². The number of nitrogens with zero attached hydrogens (tertiary/aromatic N) is 3. The van der Waals surface area contributed by atoms with Crippen LogP contribution in [0.25, 0.3) is 0 Å². The average molecular weight is 483 g/mol. The summed E-state index contributed by atoms with van der Waals surface area (Å²) in [6.07, 6.45) is 2.65. The molecule has 0 saturated carbocycles. The first-order valence-corrected chi connectivity index (χ1v) is 12.3. The zero-order valence-corrected chi connectivity index (χ0v) is 19.7. The summed E-state index contributed by atoms with van der Waals surface area (Å²) in [6.45, 7) is 4.55. The fourth-order valence-electron chi connectivity index (χ4n) is 3.26. The highest BCUT2D eigenvalue weighted by Crippen LogP contribution is 2.35. The molecule has 0 atom stereocenters. The van der Waals surface area contributed by atoms with E-state index in [9.17, 15) is 17.6 Å². The third kappa shape index (κ3) is 6.21. The van der Waals surface area contributed by atoms with E-state index < -0.39 is 15.7 Å². The average Bonchev–Trinajstić information content (AvgIpc) is 2.74. The number of ether oxygens (including phenoxy) is 3. The molecule has 12 heteroatoms. The van der Waals surface area contributed by atoms with E-state index in [-0.39, 0.29) is 46.3 Å². The van der Waals surface area contributed by atoms with Gasteiger partial charge in [-0.25, -0.2) is 22.6 Å². The number of nitrogens with one attached hydrogen (secondary N) is 1. The first kappa shape index (κ1) is 24.5. The largest absolute Gasteiger partial charge is 0.489 e. The Morgan fingerprint density at radius 2 is 1.94 bits per heavy atom. The standard InChI is InChI=1S/C21H27FN4O6S/c1-13(2)31-21(27)26-9-7-14(8-10-26)32-20-18(30-3)19(23-12-24-20)25-17-6-5-15(11-16(17)22)33(4,28)29/h5-6,11-14H,7-10H2,1-4H3,(H,23,24,25). The molecule has 0 bridgehead atoms. The van der Waals surface area contributed by atoms with Gasteiger partial charge in [-0.3, -0.25) is 0 Å². The minimum Gasteiger partial charge on any atom is -0.489 e. The second-order valence-electron chi connectivity index (χ2n) is 7.84. The van der Waals surface area contributed by atoms with Crippen molar-refractivity contribution >= 4 is 27.4 Å². The Kier molecular flexibility index (Phi) is 7.57. The first-order valence-electron chi connectivity index (χ1n) is 10.4. The maximum Gasteiger partial charge on any atom is 0.410 e. The van der Waals surface area contributed by atoms with Crippen molar-refractivity contribution in [2.45, 2.75) is 43.8 Å². The molecule has 10 nitrogen and oxygen atoms in total. The number of piperidine rings is 1. The van der Waals surface area contributed by atoms with Crippen LogP contribution in [0.15, 0.2) is 29.4 Å². The van der Waals surface area contributed by atoms with Gasteiger partial charge in [0.1, 0.15) is 18.2 Å². The maximum atomic E-state index is 14.5. The van der Waals surface area contributed by atoms with Crippen molar-refractivity contribution < 1.29 is 31.8 Å². The lowest BCUT2D eigenvalue weighted by Crippen LogP contribution is -2.42. The topological polar surface area (TPSA) is 120 Å². The van der Waals surface area contributed by atoms with Gasteiger partial charge in [-0.1, -0.05) is 0 Å². The first-order chi connectivity index (χ1) is 15.6. The van der Waals surface area contributed by atoms with Gasteiger partial charge in [0.05, 0.1) is 23.8 Å². The van der Waals surface area contributed by atoms with E-state index in [0.29, 0.717) is 25.9 Å². The number of sulfone groups is 1. The van der Waals surface area contributed by atoms with Gasteiger partial charge in [-0.15, -0.1) is 0 Å². The highest BCUT2D eigenvalue weighted by atomic mass is 32.2. The Hall–Kier alpha value is -3.15. The summed E-state index contributed by atoms with van der Waals surface area (Å²) in [5.74, 6) is -0.259. The molecule has 1 N–H and O–H groups in total. The molecular weight excluding hydrogens is 455 g/mol. The van der Waals surface area contributed by atoms with Crippen molar-refractivity contribution in [1.82, 2.24) is 14.9 Å². The summed E-state index contributed by atoms with van der Waals surface area (Å²) < 4.78 is 54.3. The molecule has 1 amide bonds. The maximum absolute atomic E-state index is 14.5. The normalized spacial score (nSPS) is 14.8. The van der Waals surface area contributed by atoms with Gasteiger partial charge in [0.25, 0.3) is 5.88 Å². The number of halogens is 1. The molecule has 0 unspecified atom stereocenters. The molecule has 1 aromatic carbocycles. The molecule has 0 aliphatic carbocycles. The molecule has 180 valence electrons. The number of hydrogen-bond donors (Lipinski definition) is 1. The van der Waals surface area contributed by atoms with Crippen molar-refractivity contribution in [2.24, 2.45) is 0 Å². The van der Waals surface area contributed by atoms with Crippen LogP contribution in [-0.4, -0.2) is 68.0 Å². The minimum atomic E-state index is -3.54. The lowest BCUT2D eigenvalue weighted by Gasteiger charge is -2.31. The summed E-state index contributed by atoms with van der Waals surface area (Å²) in [4.78, 5) is 21.8. The Morgan fingerprint density at radius 1 is 1.24 bits per heavy atom. The molecule has 1 fully saturated rings. The molecule has 0 spiro atoms. The van der Waals surface area contributed by atoms with Gasteiger partial charge in [-0.2, -0.15) is 4.98 Å². The molecule has 3 rings (SSSR count). The Labute approximate surface area is 192 Å². The lowest BCUT2D eigenvalue weighted by atomic mass is 10.1. The fourth-order valence-corrected chi connectivity index (χ4v) is 3.89. The number of likely N-dealkylation sites (tertiary alicyclic amines) is 1. The zero-order valence-electron chi connectivity index (χ0n) is 18.9. The number of carbonyl (C=O) groups is 1. The summed E-state index contributed by atoms with van der Waals surface area (Å²) in [6, 6.07) is 3.53. The number of aromatic nitrogens is 2. The Balaban J connectivity index is 1.71. The van der Waals surface area contributed by atoms with E-state index in [1.165, 1.54) is 25.6 Å². The highest BCUT2D eigenvalue weighted by Gasteiger charge is 2.27. The van der Waals surface area contributed by atoms with Crippen LogP contribution in [0.1, 0.15) is 26.7 Å². The summed E-state index contributed by atoms with van der Waals surface area (Å²) in [5, 5.41) is 2.79. The molecule has 1 aliphatic rings. The van der Waals surface area contributed by atoms with E-state index in [2.05, 4.69) is 15.3 Å². The van der Waals surface area contributed by atoms with Crippen molar-refractivity contribution in [3.05, 3.63) is 30.3 Å². The predicted molar refractivity (Wildman–Crippen MR) is 118 cm³/mol. The van der Waals surface area contributed by atoms with Gasteiger partial charge < -0.3 is 24.4 Å². The lowest BCUT2D eigenvalue weighted by molar-refractivity contribution is 0.0500. The quantitative estimate of drug-likeness (QED) is 0.634. The predicted octanol–water partition coefficient (Wildman–Crippen LogP) is 3.16. The van der Waals surface area contributed by atoms with Gasteiger partial charge in [0, 0.05) is 32.2 Å². The van der Waals surface area contributed by atoms with Crippen LogP contribution in [0, 0.1) is 5.82 Å². The summed E-state index contributed by atoms with van der Waals surface area (Å²) in [5.41, 5.74) is 0.0160. The monoisotopic (exact) mass is 482 g/mol. The van der Waals surface area contributed by atoms with Crippen molar-refractivity contribution in [3.8, 4) is 11.6 Å². The van der Waals surface area contributed by atoms with Gasteiger partial charge in [0.15, 0.2) is 15.7 Å². The van der Waals surface area contributed by atoms with Crippen LogP contribution in [0.3, 0.4) is 0 Å². The van der Waals surface area contributed by atoms with Gasteiger partial charge in [0.2, 0.25) is 5.75 Å². The second-order valence-corrected chi connectivity index (χ2v) is 9.85. The molecule has 1 aliphatic heterocycles. The Morgan fingerprint density at radius 3 is 2.52 bits per heavy atom. The molecule has 33 heavy (non-hydrogen) atoms. The second kappa shape index (κ2) is 10.2. The molecule has 1 aromatic heterocycles. The third-order valence-electron chi connectivity index (χ3n) is 4.91. The highest BCUT2D eigenvalue weighted by molar-refractivity contribution is 7.90. The van der Waals surface area contributed by atoms with Crippen LogP contribution >= 0.6 is 0 Å². The van der Waals surface area contributed by atoms with Crippen LogP contribution in [0.2, 0.25) is 0 Å². The van der Waals surface area contributed by atoms with Crippen LogP contribution < -0.4 is 14.8 Å². The van der Waals surface area contributed by atoms with Gasteiger partial charge in [-0.05, 0) is 32.0 Å². The third-order valence-corrected chi connectivity index (χ3v) is 6.02. The van der Waals surface area contributed by atoms with E-state index in [1.54, 1.807) is 18.7 Å². The molecule has 0 radical (unpaired) electrons. The number of rotatable bonds is 7. The van der Waals surface area contributed by atoms with Gasteiger partial charge >= 0.3 is 6.09 Å². The van der Waals surface area contributed by atoms with E-state index in [1.807, 2.05) is 0 Å². The van der Waals surface area contributed by atoms with E-state index in [0.717, 1.165) is 12.3 Å². The molecule has 2 heterocycles. The molecule has 2 aromatic rings. The van der Waals surface area contributed by atoms with Crippen molar-refractivity contribution in [1.29, 1.82) is 0 Å². The van der Waals surface area contributed by atoms with Crippen LogP contribution in [0.4, 0.5) is 20.7 Å². The fraction of sp³-hybridized carbons (Fsp3) is 0.476. The smallest absolute Gasteiger partial charge is 0.410 e. The molecule has 1 saturated heterocycles. The SMILES string of the molecule is COc1c(Nc2ccc(S(C)(=O)=O)cc2F)ncnc1OC1CCN(C(=O)OC(C)C)CC1. The number of carbonyl (C=O) groups excluding carboxylic acids is 1. The molecular formula is C21H27FN4O6S. The number of methoxy groups -OCH3 is 1. The number of hydrogen-bond acceptors (Lipinski definition) is 9. The minimum absolute atomic E-state index is 0.0160. The summed E-state index contributed by atoms with van der Waals surface area (Å²) >= 11 is 0. The van der Waals surface area contributed by atoms with Crippen LogP contribution in [0.5, 0.6) is 11.6 Å². The van der Waals surface area contributed by atoms with Crippen molar-refractivity contribution in [2.75, 3.05) is 31.8 Å². The van der Waals surface area contributed by atoms with Crippen LogP contribution in [-0.2, 0) is 14.6 Å². The summed E-state index contributed by atoms with van der Waals surface area (Å²) in [7, 11) is -2.13. The Bertz CT molecular complexity index is 1100. The van der Waals surface area contributed by atoms with Crippen molar-refractivity contribution in [3.63, 3.8) is 0 Å². The van der Waals surface area contributed by atoms with E-state index >= 15 is 0 Å². The number of anilines is 2. The number of amides is 1. The number of benzene rings is 1. The zero-order chi connectivity index (χ0) is 24.2.